The van der Waals surface area contributed by atoms with Crippen LogP contribution in [0.2, 0.25) is 0 Å². The molecule has 2 fully saturated rings. The Labute approximate surface area is 123 Å². The van der Waals surface area contributed by atoms with Crippen LogP contribution >= 0.6 is 0 Å². The molecule has 20 heavy (non-hydrogen) atoms. The highest BCUT2D eigenvalue weighted by Crippen LogP contribution is 2.27. The summed E-state index contributed by atoms with van der Waals surface area (Å²) in [6, 6.07) is 0. The molecule has 0 unspecified atom stereocenters. The first-order valence-electron chi connectivity index (χ1n) is 8.40. The molecule has 1 heterocycles. The van der Waals surface area contributed by atoms with E-state index in [1.54, 1.807) is 0 Å². The summed E-state index contributed by atoms with van der Waals surface area (Å²) in [5.41, 5.74) is 5.56. The third-order valence-electron chi connectivity index (χ3n) is 5.01. The normalized spacial score (nSPS) is 23.9. The second kappa shape index (κ2) is 7.41. The summed E-state index contributed by atoms with van der Waals surface area (Å²) in [6.45, 7) is 6.80. The highest BCUT2D eigenvalue weighted by molar-refractivity contribution is 5.86. The van der Waals surface area contributed by atoms with Gasteiger partial charge in [-0.3, -0.25) is 4.79 Å². The van der Waals surface area contributed by atoms with E-state index in [4.69, 9.17) is 5.73 Å². The van der Waals surface area contributed by atoms with Crippen LogP contribution in [0.1, 0.15) is 58.3 Å². The first kappa shape index (κ1) is 15.8. The second-order valence-electron chi connectivity index (χ2n) is 6.85. The van der Waals surface area contributed by atoms with E-state index in [2.05, 4.69) is 17.1 Å². The minimum absolute atomic E-state index is 0.0711. The van der Waals surface area contributed by atoms with Crippen LogP contribution in [0.3, 0.4) is 0 Å². The number of hydrogen-bond acceptors (Lipinski definition) is 3. The van der Waals surface area contributed by atoms with Gasteiger partial charge in [0.1, 0.15) is 0 Å². The standard InChI is InChI=1S/C16H31N3O/c1-14-6-12-19(13-7-14)11-5-4-10-18-15(20)16(17)8-2-3-9-16/h14H,2-13,17H2,1H3,(H,18,20). The predicted octanol–water partition coefficient (Wildman–Crippen LogP) is 1.89. The number of unbranched alkanes of at least 4 members (excludes halogenated alkanes) is 1. The van der Waals surface area contributed by atoms with E-state index in [1.807, 2.05) is 0 Å². The predicted molar refractivity (Wildman–Crippen MR) is 82.5 cm³/mol. The molecule has 0 radical (unpaired) electrons. The van der Waals surface area contributed by atoms with Crippen molar-refractivity contribution in [3.63, 3.8) is 0 Å². The van der Waals surface area contributed by atoms with Crippen LogP contribution in [-0.4, -0.2) is 42.5 Å². The molecular weight excluding hydrogens is 250 g/mol. The van der Waals surface area contributed by atoms with E-state index >= 15 is 0 Å². The van der Waals surface area contributed by atoms with E-state index in [0.717, 1.165) is 44.6 Å². The molecule has 0 aromatic carbocycles. The fourth-order valence-corrected chi connectivity index (χ4v) is 3.36. The van der Waals surface area contributed by atoms with Crippen LogP contribution < -0.4 is 11.1 Å². The lowest BCUT2D eigenvalue weighted by molar-refractivity contribution is -0.126. The van der Waals surface area contributed by atoms with E-state index in [1.165, 1.54) is 38.9 Å². The molecule has 1 amide bonds. The lowest BCUT2D eigenvalue weighted by atomic mass is 9.98. The molecule has 3 N–H and O–H groups in total. The van der Waals surface area contributed by atoms with Crippen LogP contribution in [0.15, 0.2) is 0 Å². The maximum absolute atomic E-state index is 12.0. The fourth-order valence-electron chi connectivity index (χ4n) is 3.36. The topological polar surface area (TPSA) is 58.4 Å². The summed E-state index contributed by atoms with van der Waals surface area (Å²) in [7, 11) is 0. The molecule has 116 valence electrons. The van der Waals surface area contributed by atoms with Gasteiger partial charge >= 0.3 is 0 Å². The molecule has 2 rings (SSSR count). The Morgan fingerprint density at radius 2 is 1.90 bits per heavy atom. The molecule has 1 saturated heterocycles. The number of hydrogen-bond donors (Lipinski definition) is 2. The van der Waals surface area contributed by atoms with Gasteiger partial charge in [-0.05, 0) is 64.1 Å². The number of piperidine rings is 1. The first-order chi connectivity index (χ1) is 9.60. The number of nitrogens with two attached hydrogens (primary N) is 1. The van der Waals surface area contributed by atoms with Crippen molar-refractivity contribution >= 4 is 5.91 Å². The summed E-state index contributed by atoms with van der Waals surface area (Å²) in [4.78, 5) is 14.6. The lowest BCUT2D eigenvalue weighted by Gasteiger charge is -2.30. The largest absolute Gasteiger partial charge is 0.355 e. The van der Waals surface area contributed by atoms with Crippen molar-refractivity contribution in [2.75, 3.05) is 26.2 Å². The van der Waals surface area contributed by atoms with Gasteiger partial charge in [0.15, 0.2) is 0 Å². The van der Waals surface area contributed by atoms with Gasteiger partial charge in [-0.1, -0.05) is 19.8 Å². The second-order valence-corrected chi connectivity index (χ2v) is 6.85. The zero-order valence-corrected chi connectivity index (χ0v) is 13.0. The van der Waals surface area contributed by atoms with Crippen molar-refractivity contribution in [1.82, 2.24) is 10.2 Å². The van der Waals surface area contributed by atoms with Gasteiger partial charge in [-0.15, -0.1) is 0 Å². The average molecular weight is 281 g/mol. The summed E-state index contributed by atoms with van der Waals surface area (Å²) in [5.74, 6) is 0.972. The maximum atomic E-state index is 12.0. The van der Waals surface area contributed by atoms with Crippen LogP contribution in [0.25, 0.3) is 0 Å². The molecule has 0 aromatic rings. The molecule has 2 aliphatic rings. The Balaban J connectivity index is 1.52. The van der Waals surface area contributed by atoms with Crippen molar-refractivity contribution in [3.05, 3.63) is 0 Å². The maximum Gasteiger partial charge on any atom is 0.240 e. The number of likely N-dealkylation sites (tertiary alicyclic amines) is 1. The van der Waals surface area contributed by atoms with Crippen molar-refractivity contribution < 1.29 is 4.79 Å². The number of amides is 1. The highest BCUT2D eigenvalue weighted by Gasteiger charge is 2.36. The van der Waals surface area contributed by atoms with Gasteiger partial charge in [-0.2, -0.15) is 0 Å². The Hall–Kier alpha value is -0.610. The zero-order chi connectivity index (χ0) is 14.4. The Bertz CT molecular complexity index is 305. The molecule has 4 nitrogen and oxygen atoms in total. The first-order valence-corrected chi connectivity index (χ1v) is 8.40. The molecule has 0 aromatic heterocycles. The van der Waals surface area contributed by atoms with E-state index < -0.39 is 5.54 Å². The third-order valence-corrected chi connectivity index (χ3v) is 5.01. The minimum atomic E-state index is -0.566. The molecule has 1 aliphatic carbocycles. The van der Waals surface area contributed by atoms with Crippen molar-refractivity contribution in [1.29, 1.82) is 0 Å². The van der Waals surface area contributed by atoms with Gasteiger partial charge in [0.2, 0.25) is 5.91 Å². The molecule has 1 aliphatic heterocycles. The van der Waals surface area contributed by atoms with Gasteiger partial charge in [-0.25, -0.2) is 0 Å². The summed E-state index contributed by atoms with van der Waals surface area (Å²) < 4.78 is 0. The number of carbonyl (C=O) groups is 1. The molecule has 0 bridgehead atoms. The van der Waals surface area contributed by atoms with E-state index in [0.29, 0.717) is 0 Å². The Morgan fingerprint density at radius 3 is 2.55 bits per heavy atom. The number of rotatable bonds is 6. The van der Waals surface area contributed by atoms with Gasteiger partial charge in [0.25, 0.3) is 0 Å². The monoisotopic (exact) mass is 281 g/mol. The van der Waals surface area contributed by atoms with Gasteiger partial charge < -0.3 is 16.0 Å². The van der Waals surface area contributed by atoms with Crippen molar-refractivity contribution in [2.24, 2.45) is 11.7 Å². The number of carbonyl (C=O) groups excluding carboxylic acids is 1. The summed E-state index contributed by atoms with van der Waals surface area (Å²) in [6.07, 6.45) is 8.81. The fraction of sp³-hybridized carbons (Fsp3) is 0.938. The summed E-state index contributed by atoms with van der Waals surface area (Å²) in [5, 5.41) is 3.03. The number of nitrogens with zero attached hydrogens (tertiary/aromatic N) is 1. The lowest BCUT2D eigenvalue weighted by Crippen LogP contribution is -2.52. The van der Waals surface area contributed by atoms with Crippen LogP contribution in [-0.2, 0) is 4.79 Å². The zero-order valence-electron chi connectivity index (χ0n) is 13.0. The third kappa shape index (κ3) is 4.45. The smallest absolute Gasteiger partial charge is 0.240 e. The molecule has 4 heteroatoms. The minimum Gasteiger partial charge on any atom is -0.355 e. The van der Waals surface area contributed by atoms with Crippen molar-refractivity contribution in [3.8, 4) is 0 Å². The Morgan fingerprint density at radius 1 is 1.25 bits per heavy atom. The van der Waals surface area contributed by atoms with Crippen LogP contribution in [0.5, 0.6) is 0 Å². The van der Waals surface area contributed by atoms with Gasteiger partial charge in [0.05, 0.1) is 5.54 Å². The van der Waals surface area contributed by atoms with Gasteiger partial charge in [0, 0.05) is 6.54 Å². The molecule has 0 atom stereocenters. The van der Waals surface area contributed by atoms with Crippen molar-refractivity contribution in [2.45, 2.75) is 63.8 Å². The quantitative estimate of drug-likeness (QED) is 0.731. The average Bonchev–Trinajstić information content (AvgIpc) is 2.88. The van der Waals surface area contributed by atoms with E-state index in [-0.39, 0.29) is 5.91 Å². The summed E-state index contributed by atoms with van der Waals surface area (Å²) >= 11 is 0. The Kier molecular flexibility index (Phi) is 5.85. The highest BCUT2D eigenvalue weighted by atomic mass is 16.2. The molecule has 0 spiro atoms. The SMILES string of the molecule is CC1CCN(CCCCNC(=O)C2(N)CCCC2)CC1. The van der Waals surface area contributed by atoms with Crippen LogP contribution in [0.4, 0.5) is 0 Å². The number of nitrogens with one attached hydrogen (secondary N) is 1. The van der Waals surface area contributed by atoms with Crippen LogP contribution in [0, 0.1) is 5.92 Å². The molecule has 1 saturated carbocycles. The van der Waals surface area contributed by atoms with E-state index in [9.17, 15) is 4.79 Å². The molecular formula is C16H31N3O.